The van der Waals surface area contributed by atoms with Gasteiger partial charge in [0.15, 0.2) is 0 Å². The molecule has 0 aromatic rings. The Bertz CT molecular complexity index is 399. The van der Waals surface area contributed by atoms with Crippen molar-refractivity contribution in [1.29, 1.82) is 0 Å². The second kappa shape index (κ2) is 8.64. The van der Waals surface area contributed by atoms with Crippen LogP contribution in [0.15, 0.2) is 0 Å². The van der Waals surface area contributed by atoms with E-state index in [4.69, 9.17) is 0 Å². The predicted octanol–water partition coefficient (Wildman–Crippen LogP) is 0.387. The molecule has 2 aliphatic heterocycles. The normalized spacial score (nSPS) is 22.2. The number of carbonyl (C=O) groups is 2. The molecule has 2 heterocycles. The number of amides is 2. The number of nitrogens with zero attached hydrogens (tertiary/aromatic N) is 3. The minimum atomic E-state index is -0.0378. The summed E-state index contributed by atoms with van der Waals surface area (Å²) in [6.45, 7) is 9.43. The zero-order valence-corrected chi connectivity index (χ0v) is 14.9. The molecule has 1 N–H and O–H groups in total. The maximum absolute atomic E-state index is 12.7. The zero-order chi connectivity index (χ0) is 16.8. The van der Waals surface area contributed by atoms with Crippen LogP contribution >= 0.6 is 0 Å². The summed E-state index contributed by atoms with van der Waals surface area (Å²) in [5.74, 6) is 1.12. The summed E-state index contributed by atoms with van der Waals surface area (Å²) < 4.78 is 0. The van der Waals surface area contributed by atoms with Crippen LogP contribution in [-0.2, 0) is 9.59 Å². The fourth-order valence-electron chi connectivity index (χ4n) is 3.64. The van der Waals surface area contributed by atoms with Crippen molar-refractivity contribution in [1.82, 2.24) is 20.0 Å². The lowest BCUT2D eigenvalue weighted by atomic mass is 9.92. The van der Waals surface area contributed by atoms with Gasteiger partial charge in [-0.05, 0) is 58.8 Å². The highest BCUT2D eigenvalue weighted by molar-refractivity contribution is 5.82. The van der Waals surface area contributed by atoms with E-state index in [-0.39, 0.29) is 17.9 Å². The SMILES string of the molecule is CNCCC1CCN(C(C)C(=O)N2CCN(C(C)=O)CC2)CC1. The quantitative estimate of drug-likeness (QED) is 0.795. The molecule has 2 amide bonds. The second-order valence-electron chi connectivity index (χ2n) is 6.88. The van der Waals surface area contributed by atoms with Crippen molar-refractivity contribution in [3.05, 3.63) is 0 Å². The van der Waals surface area contributed by atoms with Gasteiger partial charge >= 0.3 is 0 Å². The molecule has 6 nitrogen and oxygen atoms in total. The van der Waals surface area contributed by atoms with E-state index in [1.165, 1.54) is 19.3 Å². The standard InChI is InChI=1S/C17H32N4O2/c1-14(19-8-5-16(6-9-19)4-7-18-3)17(23)21-12-10-20(11-13-21)15(2)22/h14,16,18H,4-13H2,1-3H3. The third kappa shape index (κ3) is 4.91. The van der Waals surface area contributed by atoms with Gasteiger partial charge in [-0.25, -0.2) is 0 Å². The van der Waals surface area contributed by atoms with Crippen molar-refractivity contribution >= 4 is 11.8 Å². The summed E-state index contributed by atoms with van der Waals surface area (Å²) in [7, 11) is 2.00. The van der Waals surface area contributed by atoms with Gasteiger partial charge in [0.2, 0.25) is 11.8 Å². The maximum atomic E-state index is 12.7. The van der Waals surface area contributed by atoms with Gasteiger partial charge in [-0.15, -0.1) is 0 Å². The molecule has 0 aliphatic carbocycles. The molecule has 0 aromatic heterocycles. The molecule has 6 heteroatoms. The summed E-state index contributed by atoms with van der Waals surface area (Å²) in [6, 6.07) is -0.0378. The molecule has 2 rings (SSSR count). The van der Waals surface area contributed by atoms with Crippen molar-refractivity contribution in [2.75, 3.05) is 52.9 Å². The Kier molecular flexibility index (Phi) is 6.84. The van der Waals surface area contributed by atoms with Crippen LogP contribution in [0.4, 0.5) is 0 Å². The van der Waals surface area contributed by atoms with Gasteiger partial charge in [0.05, 0.1) is 6.04 Å². The average molecular weight is 324 g/mol. The van der Waals surface area contributed by atoms with E-state index in [1.807, 2.05) is 23.8 Å². The highest BCUT2D eigenvalue weighted by atomic mass is 16.2. The molecule has 0 radical (unpaired) electrons. The van der Waals surface area contributed by atoms with E-state index in [9.17, 15) is 9.59 Å². The highest BCUT2D eigenvalue weighted by Gasteiger charge is 2.31. The fraction of sp³-hybridized carbons (Fsp3) is 0.882. The lowest BCUT2D eigenvalue weighted by Gasteiger charge is -2.40. The smallest absolute Gasteiger partial charge is 0.239 e. The molecule has 23 heavy (non-hydrogen) atoms. The minimum Gasteiger partial charge on any atom is -0.339 e. The largest absolute Gasteiger partial charge is 0.339 e. The van der Waals surface area contributed by atoms with Crippen LogP contribution in [0, 0.1) is 5.92 Å². The number of piperidine rings is 1. The number of hydrogen-bond donors (Lipinski definition) is 1. The molecule has 1 atom stereocenters. The van der Waals surface area contributed by atoms with Crippen LogP contribution in [0.2, 0.25) is 0 Å². The topological polar surface area (TPSA) is 55.9 Å². The maximum Gasteiger partial charge on any atom is 0.239 e. The second-order valence-corrected chi connectivity index (χ2v) is 6.88. The van der Waals surface area contributed by atoms with Crippen LogP contribution in [0.5, 0.6) is 0 Å². The summed E-state index contributed by atoms with van der Waals surface area (Å²) in [4.78, 5) is 30.1. The summed E-state index contributed by atoms with van der Waals surface area (Å²) in [6.07, 6.45) is 3.62. The molecule has 2 aliphatic rings. The molecule has 2 saturated heterocycles. The molecule has 0 aromatic carbocycles. The first-order valence-corrected chi connectivity index (χ1v) is 8.96. The van der Waals surface area contributed by atoms with Gasteiger partial charge in [0, 0.05) is 33.1 Å². The Morgan fingerprint density at radius 2 is 1.61 bits per heavy atom. The van der Waals surface area contributed by atoms with Crippen molar-refractivity contribution in [3.8, 4) is 0 Å². The molecular formula is C17H32N4O2. The van der Waals surface area contributed by atoms with E-state index in [1.54, 1.807) is 6.92 Å². The lowest BCUT2D eigenvalue weighted by molar-refractivity contribution is -0.142. The summed E-state index contributed by atoms with van der Waals surface area (Å²) in [5, 5.41) is 3.22. The third-order valence-electron chi connectivity index (χ3n) is 5.39. The van der Waals surface area contributed by atoms with Crippen molar-refractivity contribution in [2.45, 2.75) is 39.2 Å². The molecule has 132 valence electrons. The van der Waals surface area contributed by atoms with Gasteiger partial charge in [-0.2, -0.15) is 0 Å². The monoisotopic (exact) mass is 324 g/mol. The van der Waals surface area contributed by atoms with Crippen LogP contribution in [0.3, 0.4) is 0 Å². The van der Waals surface area contributed by atoms with Gasteiger partial charge in [-0.1, -0.05) is 0 Å². The Labute approximate surface area is 140 Å². The van der Waals surface area contributed by atoms with Crippen molar-refractivity contribution < 1.29 is 9.59 Å². The number of rotatable bonds is 5. The first-order valence-electron chi connectivity index (χ1n) is 8.96. The fourth-order valence-corrected chi connectivity index (χ4v) is 3.64. The predicted molar refractivity (Wildman–Crippen MR) is 91.1 cm³/mol. The van der Waals surface area contributed by atoms with Gasteiger partial charge in [0.1, 0.15) is 0 Å². The summed E-state index contributed by atoms with van der Waals surface area (Å²) in [5.41, 5.74) is 0. The van der Waals surface area contributed by atoms with Crippen LogP contribution in [0.1, 0.15) is 33.1 Å². The lowest BCUT2D eigenvalue weighted by Crippen LogP contribution is -2.55. The zero-order valence-electron chi connectivity index (χ0n) is 14.9. The minimum absolute atomic E-state index is 0.0378. The van der Waals surface area contributed by atoms with Crippen LogP contribution < -0.4 is 5.32 Å². The van der Waals surface area contributed by atoms with E-state index >= 15 is 0 Å². The molecule has 0 saturated carbocycles. The molecular weight excluding hydrogens is 292 g/mol. The van der Waals surface area contributed by atoms with Gasteiger partial charge in [-0.3, -0.25) is 14.5 Å². The van der Waals surface area contributed by atoms with E-state index in [2.05, 4.69) is 10.2 Å². The highest BCUT2D eigenvalue weighted by Crippen LogP contribution is 2.22. The van der Waals surface area contributed by atoms with E-state index in [0.717, 1.165) is 25.6 Å². The average Bonchev–Trinajstić information content (AvgIpc) is 2.59. The van der Waals surface area contributed by atoms with E-state index in [0.29, 0.717) is 26.2 Å². The van der Waals surface area contributed by atoms with Crippen molar-refractivity contribution in [2.24, 2.45) is 5.92 Å². The van der Waals surface area contributed by atoms with E-state index < -0.39 is 0 Å². The summed E-state index contributed by atoms with van der Waals surface area (Å²) >= 11 is 0. The molecule has 2 fully saturated rings. The first kappa shape index (κ1) is 18.2. The molecule has 1 unspecified atom stereocenters. The van der Waals surface area contributed by atoms with Crippen LogP contribution in [0.25, 0.3) is 0 Å². The molecule has 0 bridgehead atoms. The van der Waals surface area contributed by atoms with Gasteiger partial charge < -0.3 is 15.1 Å². The van der Waals surface area contributed by atoms with Crippen LogP contribution in [-0.4, -0.2) is 85.4 Å². The first-order chi connectivity index (χ1) is 11.0. The van der Waals surface area contributed by atoms with Gasteiger partial charge in [0.25, 0.3) is 0 Å². The number of likely N-dealkylation sites (tertiary alicyclic amines) is 1. The Morgan fingerprint density at radius 3 is 2.13 bits per heavy atom. The third-order valence-corrected chi connectivity index (χ3v) is 5.39. The Balaban J connectivity index is 1.76. The molecule has 0 spiro atoms. The Hall–Kier alpha value is -1.14. The van der Waals surface area contributed by atoms with Crippen molar-refractivity contribution in [3.63, 3.8) is 0 Å². The number of carbonyl (C=O) groups excluding carboxylic acids is 2. The number of nitrogens with one attached hydrogen (secondary N) is 1. The number of piperazine rings is 1. The Morgan fingerprint density at radius 1 is 1.04 bits per heavy atom. The number of hydrogen-bond acceptors (Lipinski definition) is 4.